The lowest BCUT2D eigenvalue weighted by Crippen LogP contribution is -2.23. The van der Waals surface area contributed by atoms with E-state index in [0.717, 1.165) is 11.3 Å². The van der Waals surface area contributed by atoms with Crippen LogP contribution in [0.4, 0.5) is 5.69 Å². The minimum Gasteiger partial charge on any atom is -0.399 e. The molecule has 0 aliphatic rings. The Balaban J connectivity index is 1.74. The van der Waals surface area contributed by atoms with Crippen molar-refractivity contribution in [2.45, 2.75) is 26.3 Å². The second kappa shape index (κ2) is 5.99. The molecule has 0 aliphatic heterocycles. The summed E-state index contributed by atoms with van der Waals surface area (Å²) in [6.07, 6.45) is 1.10. The van der Waals surface area contributed by atoms with Gasteiger partial charge in [-0.3, -0.25) is 4.79 Å². The number of amides is 1. The van der Waals surface area contributed by atoms with Crippen LogP contribution in [0.15, 0.2) is 28.8 Å². The van der Waals surface area contributed by atoms with Crippen LogP contribution in [-0.4, -0.2) is 16.0 Å². The van der Waals surface area contributed by atoms with Crippen LogP contribution in [0.25, 0.3) is 0 Å². The highest BCUT2D eigenvalue weighted by Crippen LogP contribution is 2.07. The molecule has 3 N–H and O–H groups in total. The van der Waals surface area contributed by atoms with Crippen molar-refractivity contribution >= 4 is 11.6 Å². The number of nitrogens with zero attached hydrogens (tertiary/aromatic N) is 2. The predicted molar refractivity (Wildman–Crippen MR) is 70.1 cm³/mol. The maximum absolute atomic E-state index is 11.6. The second-order valence-corrected chi connectivity index (χ2v) is 4.25. The standard InChI is InChI=1S/C13H16N4O2/c1-9-16-12(17-19-9)8-15-13(18)7-4-10-2-5-11(14)6-3-10/h2-3,5-6H,4,7-8,14H2,1H3,(H,15,18). The summed E-state index contributed by atoms with van der Waals surface area (Å²) >= 11 is 0. The van der Waals surface area contributed by atoms with E-state index in [1.165, 1.54) is 0 Å². The molecule has 1 amide bonds. The van der Waals surface area contributed by atoms with E-state index < -0.39 is 0 Å². The first-order chi connectivity index (χ1) is 9.13. The molecule has 6 nitrogen and oxygen atoms in total. The van der Waals surface area contributed by atoms with Gasteiger partial charge in [-0.05, 0) is 24.1 Å². The molecule has 2 rings (SSSR count). The summed E-state index contributed by atoms with van der Waals surface area (Å²) in [5.41, 5.74) is 7.40. The topological polar surface area (TPSA) is 94.0 Å². The number of carbonyl (C=O) groups excluding carboxylic acids is 1. The van der Waals surface area contributed by atoms with E-state index in [1.807, 2.05) is 24.3 Å². The molecular formula is C13H16N4O2. The number of anilines is 1. The van der Waals surface area contributed by atoms with Gasteiger partial charge in [-0.15, -0.1) is 0 Å². The van der Waals surface area contributed by atoms with Gasteiger partial charge in [0.2, 0.25) is 11.8 Å². The Kier molecular flexibility index (Phi) is 4.12. The average Bonchev–Trinajstić information content (AvgIpc) is 2.81. The van der Waals surface area contributed by atoms with Gasteiger partial charge < -0.3 is 15.6 Å². The van der Waals surface area contributed by atoms with Gasteiger partial charge in [0.1, 0.15) is 0 Å². The lowest BCUT2D eigenvalue weighted by Gasteiger charge is -2.03. The summed E-state index contributed by atoms with van der Waals surface area (Å²) in [6, 6.07) is 7.50. The molecular weight excluding hydrogens is 244 g/mol. The van der Waals surface area contributed by atoms with Crippen molar-refractivity contribution < 1.29 is 9.32 Å². The summed E-state index contributed by atoms with van der Waals surface area (Å²) in [7, 11) is 0. The van der Waals surface area contributed by atoms with Gasteiger partial charge in [-0.2, -0.15) is 4.98 Å². The highest BCUT2D eigenvalue weighted by atomic mass is 16.5. The molecule has 0 fully saturated rings. The molecule has 0 unspecified atom stereocenters. The first-order valence-corrected chi connectivity index (χ1v) is 6.04. The van der Waals surface area contributed by atoms with E-state index in [-0.39, 0.29) is 12.5 Å². The number of nitrogen functional groups attached to an aromatic ring is 1. The first-order valence-electron chi connectivity index (χ1n) is 6.04. The van der Waals surface area contributed by atoms with Gasteiger partial charge in [0.15, 0.2) is 5.82 Å². The van der Waals surface area contributed by atoms with Crippen molar-refractivity contribution in [1.82, 2.24) is 15.5 Å². The monoisotopic (exact) mass is 260 g/mol. The molecule has 1 aromatic heterocycles. The molecule has 19 heavy (non-hydrogen) atoms. The number of aromatic nitrogens is 2. The third-order valence-corrected chi connectivity index (χ3v) is 2.63. The Morgan fingerprint density at radius 2 is 2.11 bits per heavy atom. The fraction of sp³-hybridized carbons (Fsp3) is 0.308. The third-order valence-electron chi connectivity index (χ3n) is 2.63. The summed E-state index contributed by atoms with van der Waals surface area (Å²) in [5.74, 6) is 0.934. The summed E-state index contributed by atoms with van der Waals surface area (Å²) in [5, 5.41) is 6.45. The van der Waals surface area contributed by atoms with E-state index in [9.17, 15) is 4.79 Å². The van der Waals surface area contributed by atoms with Crippen LogP contribution < -0.4 is 11.1 Å². The van der Waals surface area contributed by atoms with Crippen LogP contribution in [0.2, 0.25) is 0 Å². The number of benzene rings is 1. The van der Waals surface area contributed by atoms with Crippen LogP contribution >= 0.6 is 0 Å². The SMILES string of the molecule is Cc1nc(CNC(=O)CCc2ccc(N)cc2)no1. The van der Waals surface area contributed by atoms with Gasteiger partial charge in [-0.1, -0.05) is 17.3 Å². The lowest BCUT2D eigenvalue weighted by molar-refractivity contribution is -0.121. The predicted octanol–water partition coefficient (Wildman–Crippen LogP) is 1.21. The van der Waals surface area contributed by atoms with E-state index in [2.05, 4.69) is 15.5 Å². The Morgan fingerprint density at radius 3 is 2.74 bits per heavy atom. The van der Waals surface area contributed by atoms with Crippen molar-refractivity contribution in [2.75, 3.05) is 5.73 Å². The van der Waals surface area contributed by atoms with E-state index >= 15 is 0 Å². The molecule has 0 atom stereocenters. The van der Waals surface area contributed by atoms with Gasteiger partial charge in [0.05, 0.1) is 6.54 Å². The van der Waals surface area contributed by atoms with Crippen molar-refractivity contribution in [1.29, 1.82) is 0 Å². The van der Waals surface area contributed by atoms with Gasteiger partial charge in [0, 0.05) is 19.0 Å². The third kappa shape index (κ3) is 4.09. The number of nitrogens with one attached hydrogen (secondary N) is 1. The molecule has 100 valence electrons. The number of nitrogens with two attached hydrogens (primary N) is 1. The van der Waals surface area contributed by atoms with Crippen LogP contribution in [0.1, 0.15) is 23.7 Å². The minimum atomic E-state index is -0.0423. The normalized spacial score (nSPS) is 10.4. The van der Waals surface area contributed by atoms with E-state index in [0.29, 0.717) is 24.6 Å². The molecule has 1 aromatic carbocycles. The Hall–Kier alpha value is -2.37. The highest BCUT2D eigenvalue weighted by molar-refractivity contribution is 5.76. The van der Waals surface area contributed by atoms with Crippen molar-refractivity contribution in [3.05, 3.63) is 41.5 Å². The molecule has 1 heterocycles. The fourth-order valence-electron chi connectivity index (χ4n) is 1.62. The maximum atomic E-state index is 11.6. The summed E-state index contributed by atoms with van der Waals surface area (Å²) in [6.45, 7) is 2.00. The maximum Gasteiger partial charge on any atom is 0.223 e. The van der Waals surface area contributed by atoms with E-state index in [4.69, 9.17) is 10.3 Å². The quantitative estimate of drug-likeness (QED) is 0.788. The largest absolute Gasteiger partial charge is 0.399 e. The second-order valence-electron chi connectivity index (χ2n) is 4.25. The van der Waals surface area contributed by atoms with Crippen LogP contribution in [0.5, 0.6) is 0 Å². The highest BCUT2D eigenvalue weighted by Gasteiger charge is 2.05. The van der Waals surface area contributed by atoms with Crippen LogP contribution in [0.3, 0.4) is 0 Å². The van der Waals surface area contributed by atoms with Gasteiger partial charge >= 0.3 is 0 Å². The van der Waals surface area contributed by atoms with E-state index in [1.54, 1.807) is 6.92 Å². The number of hydrogen-bond acceptors (Lipinski definition) is 5. The van der Waals surface area contributed by atoms with Crippen LogP contribution in [0, 0.1) is 6.92 Å². The zero-order valence-corrected chi connectivity index (χ0v) is 10.7. The Labute approximate surface area is 111 Å². The molecule has 0 bridgehead atoms. The first kappa shape index (κ1) is 13.1. The summed E-state index contributed by atoms with van der Waals surface area (Å²) in [4.78, 5) is 15.6. The average molecular weight is 260 g/mol. The fourth-order valence-corrected chi connectivity index (χ4v) is 1.62. The van der Waals surface area contributed by atoms with Crippen molar-refractivity contribution in [3.8, 4) is 0 Å². The number of aryl methyl sites for hydroxylation is 2. The van der Waals surface area contributed by atoms with Crippen LogP contribution in [-0.2, 0) is 17.8 Å². The molecule has 6 heteroatoms. The molecule has 0 saturated carbocycles. The zero-order chi connectivity index (χ0) is 13.7. The zero-order valence-electron chi connectivity index (χ0n) is 10.7. The molecule has 0 aliphatic carbocycles. The van der Waals surface area contributed by atoms with Gasteiger partial charge in [0.25, 0.3) is 0 Å². The number of rotatable bonds is 5. The van der Waals surface area contributed by atoms with Crippen molar-refractivity contribution in [2.24, 2.45) is 0 Å². The van der Waals surface area contributed by atoms with Crippen molar-refractivity contribution in [3.63, 3.8) is 0 Å². The Bertz CT molecular complexity index is 548. The smallest absolute Gasteiger partial charge is 0.223 e. The number of carbonyl (C=O) groups is 1. The molecule has 2 aromatic rings. The Morgan fingerprint density at radius 1 is 1.37 bits per heavy atom. The molecule has 0 saturated heterocycles. The summed E-state index contributed by atoms with van der Waals surface area (Å²) < 4.78 is 4.81. The molecule has 0 spiro atoms. The van der Waals surface area contributed by atoms with Gasteiger partial charge in [-0.25, -0.2) is 0 Å². The number of hydrogen-bond donors (Lipinski definition) is 2. The lowest BCUT2D eigenvalue weighted by atomic mass is 10.1. The minimum absolute atomic E-state index is 0.0423. The molecule has 0 radical (unpaired) electrons.